The highest BCUT2D eigenvalue weighted by atomic mass is 35.5. The Bertz CT molecular complexity index is 498. The normalized spacial score (nSPS) is 22.0. The molecule has 5 heteroatoms. The van der Waals surface area contributed by atoms with Gasteiger partial charge < -0.3 is 11.1 Å². The minimum Gasteiger partial charge on any atom is -0.353 e. The van der Waals surface area contributed by atoms with Gasteiger partial charge in [0, 0.05) is 12.5 Å². The molecule has 1 amide bonds. The lowest BCUT2D eigenvalue weighted by Crippen LogP contribution is -2.45. The summed E-state index contributed by atoms with van der Waals surface area (Å²) in [5.41, 5.74) is 6.74. The summed E-state index contributed by atoms with van der Waals surface area (Å²) in [6, 6.07) is 6.83. The van der Waals surface area contributed by atoms with Gasteiger partial charge in [-0.05, 0) is 55.3 Å². The van der Waals surface area contributed by atoms with E-state index in [0.717, 1.165) is 24.8 Å². The van der Waals surface area contributed by atoms with Crippen molar-refractivity contribution in [2.24, 2.45) is 17.6 Å². The van der Waals surface area contributed by atoms with Crippen LogP contribution in [0.3, 0.4) is 0 Å². The number of halogens is 2. The third kappa shape index (κ3) is 6.48. The smallest absolute Gasteiger partial charge is 0.220 e. The van der Waals surface area contributed by atoms with Gasteiger partial charge in [0.25, 0.3) is 0 Å². The average Bonchev–Trinajstić information content (AvgIpc) is 2.47. The van der Waals surface area contributed by atoms with Crippen molar-refractivity contribution in [1.29, 1.82) is 0 Å². The first-order valence-corrected chi connectivity index (χ1v) is 8.32. The first kappa shape index (κ1) is 19.9. The zero-order valence-electron chi connectivity index (χ0n) is 13.8. The zero-order chi connectivity index (χ0) is 15.9. The molecule has 2 rings (SSSR count). The van der Waals surface area contributed by atoms with Crippen LogP contribution in [-0.2, 0) is 11.2 Å². The molecule has 1 aliphatic carbocycles. The van der Waals surface area contributed by atoms with Crippen molar-refractivity contribution in [3.05, 3.63) is 35.6 Å². The standard InChI is InChI=1S/C18H27FN2O.ClH/c1-13(9-14-5-4-7-16(19)11-14)10-18(22)21-17-8-3-2-6-15(17)12-20;/h4-5,7,11,13,15,17H,2-3,6,8-10,12,20H2,1H3,(H,21,22);1H. The molecule has 0 saturated heterocycles. The van der Waals surface area contributed by atoms with Gasteiger partial charge in [0.05, 0.1) is 0 Å². The van der Waals surface area contributed by atoms with Crippen LogP contribution in [0.5, 0.6) is 0 Å². The third-order valence-electron chi connectivity index (χ3n) is 4.57. The van der Waals surface area contributed by atoms with Crippen LogP contribution < -0.4 is 11.1 Å². The largest absolute Gasteiger partial charge is 0.353 e. The maximum atomic E-state index is 13.2. The van der Waals surface area contributed by atoms with E-state index in [2.05, 4.69) is 5.32 Å². The Morgan fingerprint density at radius 1 is 1.39 bits per heavy atom. The Morgan fingerprint density at radius 2 is 2.13 bits per heavy atom. The Balaban J connectivity index is 0.00000264. The van der Waals surface area contributed by atoms with Crippen LogP contribution in [-0.4, -0.2) is 18.5 Å². The fourth-order valence-corrected chi connectivity index (χ4v) is 3.40. The van der Waals surface area contributed by atoms with Gasteiger partial charge >= 0.3 is 0 Å². The SMILES string of the molecule is CC(CC(=O)NC1CCCCC1CN)Cc1cccc(F)c1.Cl. The summed E-state index contributed by atoms with van der Waals surface area (Å²) >= 11 is 0. The number of nitrogens with one attached hydrogen (secondary N) is 1. The second-order valence-electron chi connectivity index (χ2n) is 6.60. The second kappa shape index (κ2) is 9.89. The lowest BCUT2D eigenvalue weighted by molar-refractivity contribution is -0.123. The summed E-state index contributed by atoms with van der Waals surface area (Å²) in [5, 5.41) is 3.15. The summed E-state index contributed by atoms with van der Waals surface area (Å²) in [6.45, 7) is 2.68. The highest BCUT2D eigenvalue weighted by Crippen LogP contribution is 2.24. The van der Waals surface area contributed by atoms with Gasteiger partial charge in [-0.2, -0.15) is 0 Å². The molecule has 1 saturated carbocycles. The molecule has 3 unspecified atom stereocenters. The maximum Gasteiger partial charge on any atom is 0.220 e. The molecule has 130 valence electrons. The lowest BCUT2D eigenvalue weighted by atomic mass is 9.84. The molecule has 0 aromatic heterocycles. The van der Waals surface area contributed by atoms with E-state index in [1.54, 1.807) is 12.1 Å². The summed E-state index contributed by atoms with van der Waals surface area (Å²) < 4.78 is 13.2. The van der Waals surface area contributed by atoms with Gasteiger partial charge in [0.2, 0.25) is 5.91 Å². The molecule has 1 fully saturated rings. The van der Waals surface area contributed by atoms with E-state index in [1.165, 1.54) is 18.9 Å². The summed E-state index contributed by atoms with van der Waals surface area (Å²) in [5.74, 6) is 0.481. The van der Waals surface area contributed by atoms with Crippen molar-refractivity contribution in [2.45, 2.75) is 51.5 Å². The number of hydrogen-bond donors (Lipinski definition) is 2. The van der Waals surface area contributed by atoms with Crippen LogP contribution in [0.1, 0.15) is 44.6 Å². The molecule has 0 spiro atoms. The summed E-state index contributed by atoms with van der Waals surface area (Å²) in [7, 11) is 0. The van der Waals surface area contributed by atoms with E-state index >= 15 is 0 Å². The number of nitrogens with two attached hydrogens (primary N) is 1. The van der Waals surface area contributed by atoms with Crippen LogP contribution in [0.25, 0.3) is 0 Å². The molecule has 3 nitrogen and oxygen atoms in total. The minimum absolute atomic E-state index is 0. The van der Waals surface area contributed by atoms with Crippen molar-refractivity contribution in [2.75, 3.05) is 6.54 Å². The molecule has 0 heterocycles. The molecular weight excluding hydrogens is 315 g/mol. The van der Waals surface area contributed by atoms with Gasteiger partial charge in [0.1, 0.15) is 5.82 Å². The fourth-order valence-electron chi connectivity index (χ4n) is 3.40. The molecule has 3 N–H and O–H groups in total. The molecule has 1 aliphatic rings. The van der Waals surface area contributed by atoms with Gasteiger partial charge in [-0.1, -0.05) is 31.9 Å². The van der Waals surface area contributed by atoms with Gasteiger partial charge in [0.15, 0.2) is 0 Å². The fraction of sp³-hybridized carbons (Fsp3) is 0.611. The van der Waals surface area contributed by atoms with Crippen molar-refractivity contribution in [3.63, 3.8) is 0 Å². The Morgan fingerprint density at radius 3 is 2.83 bits per heavy atom. The highest BCUT2D eigenvalue weighted by molar-refractivity contribution is 5.85. The van der Waals surface area contributed by atoms with E-state index < -0.39 is 0 Å². The van der Waals surface area contributed by atoms with Gasteiger partial charge in [-0.3, -0.25) is 4.79 Å². The van der Waals surface area contributed by atoms with E-state index in [9.17, 15) is 9.18 Å². The molecule has 0 bridgehead atoms. The topological polar surface area (TPSA) is 55.1 Å². The van der Waals surface area contributed by atoms with Crippen LogP contribution in [0.15, 0.2) is 24.3 Å². The predicted molar refractivity (Wildman–Crippen MR) is 94.1 cm³/mol. The van der Waals surface area contributed by atoms with Gasteiger partial charge in [-0.15, -0.1) is 12.4 Å². The number of hydrogen-bond acceptors (Lipinski definition) is 2. The van der Waals surface area contributed by atoms with Crippen LogP contribution in [0, 0.1) is 17.7 Å². The van der Waals surface area contributed by atoms with E-state index in [4.69, 9.17) is 5.73 Å². The average molecular weight is 343 g/mol. The van der Waals surface area contributed by atoms with E-state index in [0.29, 0.717) is 18.9 Å². The van der Waals surface area contributed by atoms with Crippen molar-refractivity contribution >= 4 is 18.3 Å². The molecule has 3 atom stereocenters. The monoisotopic (exact) mass is 342 g/mol. The summed E-state index contributed by atoms with van der Waals surface area (Å²) in [4.78, 5) is 12.2. The van der Waals surface area contributed by atoms with Crippen LogP contribution in [0.2, 0.25) is 0 Å². The van der Waals surface area contributed by atoms with E-state index in [1.807, 2.05) is 13.0 Å². The molecule has 0 aliphatic heterocycles. The Kier molecular flexibility index (Phi) is 8.56. The molecule has 23 heavy (non-hydrogen) atoms. The number of benzene rings is 1. The molecule has 0 radical (unpaired) electrons. The number of carbonyl (C=O) groups is 1. The van der Waals surface area contributed by atoms with E-state index in [-0.39, 0.29) is 36.1 Å². The minimum atomic E-state index is -0.220. The lowest BCUT2D eigenvalue weighted by Gasteiger charge is -2.31. The number of amides is 1. The highest BCUT2D eigenvalue weighted by Gasteiger charge is 2.25. The summed E-state index contributed by atoms with van der Waals surface area (Å²) in [6.07, 6.45) is 5.72. The van der Waals surface area contributed by atoms with Crippen LogP contribution in [0.4, 0.5) is 4.39 Å². The maximum absolute atomic E-state index is 13.2. The first-order valence-electron chi connectivity index (χ1n) is 8.32. The molecular formula is C18H28ClFN2O. The Hall–Kier alpha value is -1.13. The number of carbonyl (C=O) groups excluding carboxylic acids is 1. The van der Waals surface area contributed by atoms with Gasteiger partial charge in [-0.25, -0.2) is 4.39 Å². The van der Waals surface area contributed by atoms with Crippen molar-refractivity contribution in [3.8, 4) is 0 Å². The second-order valence-corrected chi connectivity index (χ2v) is 6.60. The molecule has 1 aromatic rings. The molecule has 1 aromatic carbocycles. The first-order chi connectivity index (χ1) is 10.6. The number of rotatable bonds is 6. The predicted octanol–water partition coefficient (Wildman–Crippen LogP) is 3.45. The van der Waals surface area contributed by atoms with Crippen molar-refractivity contribution < 1.29 is 9.18 Å². The quantitative estimate of drug-likeness (QED) is 0.832. The van der Waals surface area contributed by atoms with Crippen LogP contribution >= 0.6 is 12.4 Å². The zero-order valence-corrected chi connectivity index (χ0v) is 14.6. The van der Waals surface area contributed by atoms with Crippen molar-refractivity contribution in [1.82, 2.24) is 5.32 Å². The third-order valence-corrected chi connectivity index (χ3v) is 4.57. The Labute approximate surface area is 144 Å².